The van der Waals surface area contributed by atoms with Crippen molar-refractivity contribution in [3.63, 3.8) is 0 Å². The first-order valence-electron chi connectivity index (χ1n) is 11.2. The van der Waals surface area contributed by atoms with Crippen LogP contribution in [0.25, 0.3) is 0 Å². The number of nitrogens with one attached hydrogen (secondary N) is 1. The lowest BCUT2D eigenvalue weighted by molar-refractivity contribution is -0.187. The second kappa shape index (κ2) is 11.0. The molecule has 176 valence electrons. The Labute approximate surface area is 187 Å². The number of allylic oxidation sites excluding steroid dienone is 2. The number of hydrogen-bond donors (Lipinski definition) is 1. The maximum atomic E-state index is 12.3. The lowest BCUT2D eigenvalue weighted by atomic mass is 9.69. The second-order valence-electron chi connectivity index (χ2n) is 8.74. The molecule has 1 amide bonds. The van der Waals surface area contributed by atoms with Gasteiger partial charge >= 0.3 is 12.1 Å². The summed E-state index contributed by atoms with van der Waals surface area (Å²) in [5, 5.41) is 3.29. The molecule has 1 aromatic carbocycles. The van der Waals surface area contributed by atoms with E-state index in [0.717, 1.165) is 22.7 Å². The number of carbonyl (C=O) groups excluding carboxylic acids is 2. The molecular formula is C24H31F3N2O3. The smallest absolute Gasteiger partial charge is 0.471 e. The first-order valence-corrected chi connectivity index (χ1v) is 11.2. The van der Waals surface area contributed by atoms with Crippen LogP contribution in [0.3, 0.4) is 0 Å². The van der Waals surface area contributed by atoms with Crippen LogP contribution >= 0.6 is 0 Å². The molecule has 8 heteroatoms. The summed E-state index contributed by atoms with van der Waals surface area (Å²) in [5.74, 6) is 1.44. The molecule has 32 heavy (non-hydrogen) atoms. The number of ether oxygens (including phenoxy) is 1. The number of nitrogens with zero attached hydrogens (tertiary/aromatic N) is 1. The molecule has 2 fully saturated rings. The average Bonchev–Trinajstić information content (AvgIpc) is 2.80. The molecule has 2 bridgehead atoms. The van der Waals surface area contributed by atoms with Gasteiger partial charge in [-0.25, -0.2) is 0 Å². The van der Waals surface area contributed by atoms with E-state index in [-0.39, 0.29) is 19.2 Å². The second-order valence-corrected chi connectivity index (χ2v) is 8.74. The number of benzene rings is 1. The van der Waals surface area contributed by atoms with Crippen LogP contribution in [-0.4, -0.2) is 56.1 Å². The number of likely N-dealkylation sites (tertiary alicyclic amines) is 1. The molecule has 4 aliphatic rings. The van der Waals surface area contributed by atoms with Gasteiger partial charge in [0.1, 0.15) is 18.1 Å². The zero-order chi connectivity index (χ0) is 23.1. The fourth-order valence-corrected chi connectivity index (χ4v) is 4.76. The molecule has 1 N–H and O–H groups in total. The fraction of sp³-hybridized carbons (Fsp3) is 0.583. The average molecular weight is 453 g/mol. The number of aldehydes is 1. The summed E-state index contributed by atoms with van der Waals surface area (Å²) < 4.78 is 42.6. The standard InChI is InChI=1S/C14H14F3NO3.C10H17N/c15-14(16,17)13(20)18-6-4-11(5-7-18)21-12-3-1-2-10(8-12)9-19;1-11-7-10-6-8-2-4-9(10)5-3-8/h1-3,8-9,11H,4-7H2;2,4,8-11H,3,5-7H2,1H3. The summed E-state index contributed by atoms with van der Waals surface area (Å²) in [6.45, 7) is 1.23. The Hall–Kier alpha value is -2.35. The van der Waals surface area contributed by atoms with Crippen molar-refractivity contribution in [2.24, 2.45) is 17.8 Å². The number of alkyl halides is 3. The van der Waals surface area contributed by atoms with Gasteiger partial charge in [-0.1, -0.05) is 24.3 Å². The topological polar surface area (TPSA) is 58.6 Å². The number of rotatable bonds is 5. The largest absolute Gasteiger partial charge is 0.490 e. The fourth-order valence-electron chi connectivity index (χ4n) is 4.76. The molecule has 3 unspecified atom stereocenters. The minimum Gasteiger partial charge on any atom is -0.490 e. The quantitative estimate of drug-likeness (QED) is 0.536. The van der Waals surface area contributed by atoms with Crippen LogP contribution in [0, 0.1) is 17.8 Å². The van der Waals surface area contributed by atoms with Gasteiger partial charge in [-0.3, -0.25) is 9.59 Å². The van der Waals surface area contributed by atoms with Crippen LogP contribution in [0.1, 0.15) is 42.5 Å². The van der Waals surface area contributed by atoms with E-state index in [4.69, 9.17) is 4.74 Å². The Morgan fingerprint density at radius 3 is 2.47 bits per heavy atom. The Bertz CT molecular complexity index is 804. The normalized spacial score (nSPS) is 25.1. The molecule has 3 aliphatic carbocycles. The number of fused-ring (bicyclic) bond motifs is 2. The molecule has 3 atom stereocenters. The van der Waals surface area contributed by atoms with E-state index in [1.807, 2.05) is 0 Å². The van der Waals surface area contributed by atoms with Gasteiger partial charge in [-0.15, -0.1) is 0 Å². The minimum absolute atomic E-state index is 0.0103. The van der Waals surface area contributed by atoms with Crippen LogP contribution < -0.4 is 10.1 Å². The summed E-state index contributed by atoms with van der Waals surface area (Å²) in [4.78, 5) is 22.5. The van der Waals surface area contributed by atoms with E-state index in [1.54, 1.807) is 24.3 Å². The molecule has 5 rings (SSSR count). The van der Waals surface area contributed by atoms with E-state index in [0.29, 0.717) is 30.4 Å². The Morgan fingerprint density at radius 2 is 1.94 bits per heavy atom. The van der Waals surface area contributed by atoms with Crippen molar-refractivity contribution >= 4 is 12.2 Å². The third kappa shape index (κ3) is 6.58. The molecule has 1 heterocycles. The van der Waals surface area contributed by atoms with Crippen molar-refractivity contribution in [2.45, 2.75) is 44.4 Å². The van der Waals surface area contributed by atoms with E-state index < -0.39 is 12.1 Å². The number of amides is 1. The zero-order valence-electron chi connectivity index (χ0n) is 18.3. The van der Waals surface area contributed by atoms with Crippen molar-refractivity contribution in [3.05, 3.63) is 42.0 Å². The lowest BCUT2D eigenvalue weighted by Crippen LogP contribution is -2.47. The zero-order valence-corrected chi connectivity index (χ0v) is 18.3. The van der Waals surface area contributed by atoms with Gasteiger partial charge in [-0.2, -0.15) is 13.2 Å². The van der Waals surface area contributed by atoms with Crippen LogP contribution in [0.2, 0.25) is 0 Å². The third-order valence-corrected chi connectivity index (χ3v) is 6.45. The summed E-state index contributed by atoms with van der Waals surface area (Å²) >= 11 is 0. The maximum Gasteiger partial charge on any atom is 0.471 e. The monoisotopic (exact) mass is 452 g/mol. The SMILES string of the molecule is CNCC1CC2C=CC1CC2.O=Cc1cccc(OC2CCN(C(=O)C(F)(F)F)CC2)c1. The number of piperidine rings is 1. The Balaban J connectivity index is 0.000000219. The van der Waals surface area contributed by atoms with Gasteiger partial charge in [0.05, 0.1) is 0 Å². The van der Waals surface area contributed by atoms with Gasteiger partial charge in [0.2, 0.25) is 0 Å². The van der Waals surface area contributed by atoms with E-state index in [9.17, 15) is 22.8 Å². The van der Waals surface area contributed by atoms with Crippen LogP contribution in [-0.2, 0) is 4.79 Å². The van der Waals surface area contributed by atoms with Gasteiger partial charge in [-0.05, 0) is 62.7 Å². The minimum atomic E-state index is -4.83. The van der Waals surface area contributed by atoms with Crippen LogP contribution in [0.4, 0.5) is 13.2 Å². The third-order valence-electron chi connectivity index (χ3n) is 6.45. The lowest BCUT2D eigenvalue weighted by Gasteiger charge is -2.37. The van der Waals surface area contributed by atoms with Crippen molar-refractivity contribution in [2.75, 3.05) is 26.7 Å². The number of halogens is 3. The molecule has 1 saturated heterocycles. The summed E-state index contributed by atoms with van der Waals surface area (Å²) in [6.07, 6.45) is 5.45. The highest BCUT2D eigenvalue weighted by Gasteiger charge is 2.43. The van der Waals surface area contributed by atoms with Crippen molar-refractivity contribution in [1.29, 1.82) is 0 Å². The van der Waals surface area contributed by atoms with Gasteiger partial charge in [0, 0.05) is 31.5 Å². The highest BCUT2D eigenvalue weighted by molar-refractivity contribution is 5.81. The predicted octanol–water partition coefficient (Wildman–Crippen LogP) is 4.24. The van der Waals surface area contributed by atoms with Crippen LogP contribution in [0.15, 0.2) is 36.4 Å². The molecular weight excluding hydrogens is 421 g/mol. The Morgan fingerprint density at radius 1 is 1.19 bits per heavy atom. The summed E-state index contributed by atoms with van der Waals surface area (Å²) in [7, 11) is 2.06. The van der Waals surface area contributed by atoms with Gasteiger partial charge < -0.3 is 15.0 Å². The van der Waals surface area contributed by atoms with Gasteiger partial charge in [0.15, 0.2) is 0 Å². The highest BCUT2D eigenvalue weighted by atomic mass is 19.4. The molecule has 0 spiro atoms. The molecule has 0 radical (unpaired) electrons. The summed E-state index contributed by atoms with van der Waals surface area (Å²) in [6, 6.07) is 6.55. The van der Waals surface area contributed by atoms with E-state index in [1.165, 1.54) is 25.8 Å². The molecule has 0 aromatic heterocycles. The highest BCUT2D eigenvalue weighted by Crippen LogP contribution is 2.39. The first-order chi connectivity index (χ1) is 15.3. The number of hydrogen-bond acceptors (Lipinski definition) is 4. The molecule has 1 aromatic rings. The van der Waals surface area contributed by atoms with Crippen molar-refractivity contribution in [3.8, 4) is 5.75 Å². The summed E-state index contributed by atoms with van der Waals surface area (Å²) in [5.41, 5.74) is 0.470. The number of carbonyl (C=O) groups is 2. The van der Waals surface area contributed by atoms with Gasteiger partial charge in [0.25, 0.3) is 0 Å². The molecule has 1 saturated carbocycles. The molecule has 1 aliphatic heterocycles. The van der Waals surface area contributed by atoms with Crippen molar-refractivity contribution < 1.29 is 27.5 Å². The predicted molar refractivity (Wildman–Crippen MR) is 116 cm³/mol. The maximum absolute atomic E-state index is 12.3. The molecule has 5 nitrogen and oxygen atoms in total. The van der Waals surface area contributed by atoms with E-state index >= 15 is 0 Å². The first kappa shape index (κ1) is 24.3. The Kier molecular flexibility index (Phi) is 8.34. The van der Waals surface area contributed by atoms with Crippen LogP contribution in [0.5, 0.6) is 5.75 Å². The van der Waals surface area contributed by atoms with Crippen molar-refractivity contribution in [1.82, 2.24) is 10.2 Å². The van der Waals surface area contributed by atoms with E-state index in [2.05, 4.69) is 24.5 Å².